The molecule has 3 aliphatic rings. The molecule has 1 N–H and O–H groups in total. The quantitative estimate of drug-likeness (QED) is 0.876. The number of nitrogens with zero attached hydrogens (tertiary/aromatic N) is 3. The number of thiazole rings is 1. The number of hydrogen-bond acceptors (Lipinski definition) is 5. The first-order chi connectivity index (χ1) is 12.6. The van der Waals surface area contributed by atoms with E-state index in [1.54, 1.807) is 11.3 Å². The highest BCUT2D eigenvalue weighted by atomic mass is 32.1. The Morgan fingerprint density at radius 2 is 2.08 bits per heavy atom. The van der Waals surface area contributed by atoms with Crippen LogP contribution in [0, 0.1) is 5.92 Å². The molecule has 6 nitrogen and oxygen atoms in total. The topological polar surface area (TPSA) is 65.5 Å². The molecule has 0 aromatic carbocycles. The largest absolute Gasteiger partial charge is 0.337 e. The van der Waals surface area contributed by atoms with E-state index >= 15 is 0 Å². The molecule has 2 amide bonds. The Hall–Kier alpha value is -1.47. The van der Waals surface area contributed by atoms with Gasteiger partial charge in [0.15, 0.2) is 5.13 Å². The minimum atomic E-state index is -0.0636. The van der Waals surface area contributed by atoms with Crippen molar-refractivity contribution < 1.29 is 9.59 Å². The van der Waals surface area contributed by atoms with Crippen LogP contribution in [0.3, 0.4) is 0 Å². The summed E-state index contributed by atoms with van der Waals surface area (Å²) in [7, 11) is 0. The standard InChI is InChI=1S/C19H28N4O2S/c1-13-6-7-15-16(10-13)26-19(20-15)21-17(24)11-22-8-9-23(18(25)12-22)14-4-2-3-5-14/h13-14H,2-12H2,1H3,(H,20,21,24)/t13-/m1/s1. The molecule has 2 aliphatic carbocycles. The molecule has 2 heterocycles. The molecule has 142 valence electrons. The first-order valence-electron chi connectivity index (χ1n) is 9.88. The van der Waals surface area contributed by atoms with Gasteiger partial charge in [-0.25, -0.2) is 4.98 Å². The van der Waals surface area contributed by atoms with Gasteiger partial charge in [-0.3, -0.25) is 14.5 Å². The number of hydrogen-bond donors (Lipinski definition) is 1. The molecular formula is C19H28N4O2S. The van der Waals surface area contributed by atoms with Crippen molar-refractivity contribution in [3.05, 3.63) is 10.6 Å². The first-order valence-corrected chi connectivity index (χ1v) is 10.7. The van der Waals surface area contributed by atoms with Crippen LogP contribution < -0.4 is 5.32 Å². The highest BCUT2D eigenvalue weighted by molar-refractivity contribution is 7.15. The number of fused-ring (bicyclic) bond motifs is 1. The second-order valence-electron chi connectivity index (χ2n) is 8.02. The fourth-order valence-electron chi connectivity index (χ4n) is 4.43. The van der Waals surface area contributed by atoms with Crippen molar-refractivity contribution in [2.75, 3.05) is 31.5 Å². The SMILES string of the molecule is C[C@@H]1CCc2nc(NC(=O)CN3CCN(C4CCCC4)C(=O)C3)sc2C1. The predicted molar refractivity (Wildman–Crippen MR) is 102 cm³/mol. The van der Waals surface area contributed by atoms with Gasteiger partial charge >= 0.3 is 0 Å². The molecular weight excluding hydrogens is 348 g/mol. The average Bonchev–Trinajstić information content (AvgIpc) is 3.23. The van der Waals surface area contributed by atoms with Crippen molar-refractivity contribution >= 4 is 28.3 Å². The van der Waals surface area contributed by atoms with Crippen LogP contribution in [0.2, 0.25) is 0 Å². The minimum absolute atomic E-state index is 0.0636. The van der Waals surface area contributed by atoms with Crippen LogP contribution in [0.15, 0.2) is 0 Å². The molecule has 2 fully saturated rings. The zero-order valence-corrected chi connectivity index (χ0v) is 16.3. The molecule has 7 heteroatoms. The Kier molecular flexibility index (Phi) is 5.27. The van der Waals surface area contributed by atoms with Crippen molar-refractivity contribution in [2.45, 2.75) is 57.9 Å². The molecule has 0 bridgehead atoms. The van der Waals surface area contributed by atoms with Crippen molar-refractivity contribution in [1.82, 2.24) is 14.8 Å². The van der Waals surface area contributed by atoms with E-state index in [0.29, 0.717) is 23.6 Å². The highest BCUT2D eigenvalue weighted by Crippen LogP contribution is 2.32. The van der Waals surface area contributed by atoms with E-state index in [2.05, 4.69) is 17.2 Å². The van der Waals surface area contributed by atoms with Crippen LogP contribution >= 0.6 is 11.3 Å². The van der Waals surface area contributed by atoms with Gasteiger partial charge in [0.25, 0.3) is 0 Å². The summed E-state index contributed by atoms with van der Waals surface area (Å²) in [4.78, 5) is 34.7. The lowest BCUT2D eigenvalue weighted by molar-refractivity contribution is -0.139. The van der Waals surface area contributed by atoms with Gasteiger partial charge in [-0.15, -0.1) is 11.3 Å². The lowest BCUT2D eigenvalue weighted by atomic mass is 9.93. The van der Waals surface area contributed by atoms with Gasteiger partial charge in [0.1, 0.15) is 0 Å². The summed E-state index contributed by atoms with van der Waals surface area (Å²) >= 11 is 1.61. The number of amides is 2. The molecule has 1 aromatic rings. The second-order valence-corrected chi connectivity index (χ2v) is 9.10. The molecule has 1 saturated heterocycles. The van der Waals surface area contributed by atoms with Crippen LogP contribution in [-0.4, -0.2) is 58.8 Å². The van der Waals surface area contributed by atoms with Crippen LogP contribution in [0.5, 0.6) is 0 Å². The predicted octanol–water partition coefficient (Wildman–Crippen LogP) is 2.29. The summed E-state index contributed by atoms with van der Waals surface area (Å²) in [6.07, 6.45) is 8.01. The van der Waals surface area contributed by atoms with E-state index in [1.165, 1.54) is 24.1 Å². The number of aromatic nitrogens is 1. The van der Waals surface area contributed by atoms with Crippen molar-refractivity contribution in [3.8, 4) is 0 Å². The number of piperazine rings is 1. The molecule has 1 atom stereocenters. The maximum atomic E-state index is 12.4. The van der Waals surface area contributed by atoms with Crippen LogP contribution in [0.1, 0.15) is 49.6 Å². The lowest BCUT2D eigenvalue weighted by Crippen LogP contribution is -2.54. The summed E-state index contributed by atoms with van der Waals surface area (Å²) in [5.74, 6) is 0.814. The van der Waals surface area contributed by atoms with Crippen molar-refractivity contribution in [3.63, 3.8) is 0 Å². The summed E-state index contributed by atoms with van der Waals surface area (Å²) in [6.45, 7) is 4.42. The van der Waals surface area contributed by atoms with E-state index in [4.69, 9.17) is 0 Å². The maximum Gasteiger partial charge on any atom is 0.240 e. The average molecular weight is 377 g/mol. The Labute approximate surface area is 159 Å². The third kappa shape index (κ3) is 3.93. The van der Waals surface area contributed by atoms with E-state index < -0.39 is 0 Å². The number of rotatable bonds is 4. The lowest BCUT2D eigenvalue weighted by Gasteiger charge is -2.37. The van der Waals surface area contributed by atoms with Crippen LogP contribution in [0.25, 0.3) is 0 Å². The van der Waals surface area contributed by atoms with Gasteiger partial charge in [-0.2, -0.15) is 0 Å². The second kappa shape index (κ2) is 7.64. The van der Waals surface area contributed by atoms with E-state index in [0.717, 1.165) is 44.5 Å². The van der Waals surface area contributed by atoms with Crippen molar-refractivity contribution in [2.24, 2.45) is 5.92 Å². The van der Waals surface area contributed by atoms with Gasteiger partial charge in [-0.1, -0.05) is 19.8 Å². The molecule has 26 heavy (non-hydrogen) atoms. The Bertz CT molecular complexity index is 683. The fraction of sp³-hybridized carbons (Fsp3) is 0.737. The van der Waals surface area contributed by atoms with E-state index in [-0.39, 0.29) is 18.4 Å². The summed E-state index contributed by atoms with van der Waals surface area (Å²) in [5.41, 5.74) is 1.16. The van der Waals surface area contributed by atoms with Gasteiger partial charge in [0.05, 0.1) is 18.8 Å². The number of nitrogens with one attached hydrogen (secondary N) is 1. The molecule has 1 aromatic heterocycles. The van der Waals surface area contributed by atoms with Gasteiger partial charge in [0, 0.05) is 24.0 Å². The summed E-state index contributed by atoms with van der Waals surface area (Å²) in [6, 6.07) is 0.433. The number of anilines is 1. The highest BCUT2D eigenvalue weighted by Gasteiger charge is 2.31. The van der Waals surface area contributed by atoms with Crippen LogP contribution in [-0.2, 0) is 22.4 Å². The summed E-state index contributed by atoms with van der Waals surface area (Å²) in [5, 5.41) is 3.66. The van der Waals surface area contributed by atoms with Crippen molar-refractivity contribution in [1.29, 1.82) is 0 Å². The van der Waals surface area contributed by atoms with E-state index in [9.17, 15) is 9.59 Å². The molecule has 0 unspecified atom stereocenters. The number of carbonyl (C=O) groups is 2. The normalized spacial score (nSPS) is 24.7. The zero-order chi connectivity index (χ0) is 18.1. The van der Waals surface area contributed by atoms with Crippen LogP contribution in [0.4, 0.5) is 5.13 Å². The fourth-order valence-corrected chi connectivity index (χ4v) is 5.61. The first kappa shape index (κ1) is 17.9. The Morgan fingerprint density at radius 1 is 1.27 bits per heavy atom. The third-order valence-corrected chi connectivity index (χ3v) is 6.94. The molecule has 1 aliphatic heterocycles. The Balaban J connectivity index is 1.28. The third-order valence-electron chi connectivity index (χ3n) is 5.90. The minimum Gasteiger partial charge on any atom is -0.337 e. The Morgan fingerprint density at radius 3 is 2.85 bits per heavy atom. The van der Waals surface area contributed by atoms with Gasteiger partial charge in [-0.05, 0) is 38.0 Å². The van der Waals surface area contributed by atoms with Gasteiger partial charge < -0.3 is 10.2 Å². The molecule has 4 rings (SSSR count). The van der Waals surface area contributed by atoms with E-state index in [1.807, 2.05) is 9.80 Å². The maximum absolute atomic E-state index is 12.4. The molecule has 0 spiro atoms. The number of aryl methyl sites for hydroxylation is 1. The molecule has 1 saturated carbocycles. The number of carbonyl (C=O) groups excluding carboxylic acids is 2. The monoisotopic (exact) mass is 376 g/mol. The summed E-state index contributed by atoms with van der Waals surface area (Å²) < 4.78 is 0. The zero-order valence-electron chi connectivity index (χ0n) is 15.5. The van der Waals surface area contributed by atoms with Gasteiger partial charge in [0.2, 0.25) is 11.8 Å². The molecule has 0 radical (unpaired) electrons. The smallest absolute Gasteiger partial charge is 0.240 e.